The Labute approximate surface area is 329 Å². The fourth-order valence-electron chi connectivity index (χ4n) is 8.13. The second-order valence-corrected chi connectivity index (χ2v) is 15.3. The molecule has 57 heavy (non-hydrogen) atoms. The number of para-hydroxylation sites is 2. The highest BCUT2D eigenvalue weighted by Crippen LogP contribution is 2.44. The molecule has 5 heterocycles. The van der Waals surface area contributed by atoms with E-state index in [0.29, 0.717) is 17.5 Å². The monoisotopic (exact) mass is 748 g/mol. The molecule has 6 nitrogen and oxygen atoms in total. The summed E-state index contributed by atoms with van der Waals surface area (Å²) in [6.07, 6.45) is 3.65. The minimum absolute atomic E-state index is 0.516. The predicted octanol–water partition coefficient (Wildman–Crippen LogP) is 13.8. The maximum absolute atomic E-state index is 6.78. The van der Waals surface area contributed by atoms with E-state index in [-0.39, 0.29) is 0 Å². The molecule has 0 N–H and O–H groups in total. The lowest BCUT2D eigenvalue weighted by atomic mass is 9.96. The van der Waals surface area contributed by atoms with Gasteiger partial charge in [-0.05, 0) is 71.3 Å². The fourth-order valence-corrected chi connectivity index (χ4v) is 9.27. The van der Waals surface area contributed by atoms with E-state index in [1.54, 1.807) is 6.20 Å². The van der Waals surface area contributed by atoms with Crippen LogP contribution in [0.15, 0.2) is 179 Å². The molecular formula is C50H28N4O2S. The SMILES string of the molecule is c1cncc(-c2cccc(-c3nc(-c4ccc5c(c4)oc4ccccc45)nc(-c4ccc(-c5ccc6c(c5)sc5ccccc56)c5c4oc4ccccc45)n3)c2)c1. The molecule has 0 aliphatic heterocycles. The highest BCUT2D eigenvalue weighted by molar-refractivity contribution is 7.25. The van der Waals surface area contributed by atoms with E-state index in [2.05, 4.69) is 108 Å². The lowest BCUT2D eigenvalue weighted by Crippen LogP contribution is -2.00. The number of pyridine rings is 1. The van der Waals surface area contributed by atoms with Crippen LogP contribution in [-0.4, -0.2) is 19.9 Å². The summed E-state index contributed by atoms with van der Waals surface area (Å²) in [4.78, 5) is 19.9. The first-order valence-corrected chi connectivity index (χ1v) is 19.6. The Morgan fingerprint density at radius 2 is 1.04 bits per heavy atom. The quantitative estimate of drug-likeness (QED) is 0.174. The summed E-state index contributed by atoms with van der Waals surface area (Å²) < 4.78 is 15.6. The third-order valence-corrected chi connectivity index (χ3v) is 12.0. The highest BCUT2D eigenvalue weighted by Gasteiger charge is 2.22. The van der Waals surface area contributed by atoms with Crippen LogP contribution in [0.25, 0.3) is 120 Å². The summed E-state index contributed by atoms with van der Waals surface area (Å²) in [6, 6.07) is 54.4. The number of aromatic nitrogens is 4. The third kappa shape index (κ3) is 5.17. The van der Waals surface area contributed by atoms with Crippen LogP contribution in [0, 0.1) is 0 Å². The van der Waals surface area contributed by atoms with E-state index < -0.39 is 0 Å². The standard InChI is InChI=1S/C50H28N4O2S/c1-4-15-41-35(12-1)36-20-19-32(26-43(36)55-41)49-52-48(31-10-7-9-29(25-31)33-11-8-24-51-28-33)53-50(54-49)40-23-22-34(46-39-14-2-5-16-42(39)56-47(40)46)30-18-21-38-37-13-3-6-17-44(37)57-45(38)27-30/h1-28H. The zero-order valence-electron chi connectivity index (χ0n) is 30.2. The molecule has 0 bridgehead atoms. The Bertz CT molecular complexity index is 3550. The molecule has 7 aromatic carbocycles. The van der Waals surface area contributed by atoms with Gasteiger partial charge in [0, 0.05) is 70.8 Å². The molecule has 266 valence electrons. The van der Waals surface area contributed by atoms with Gasteiger partial charge in [-0.1, -0.05) is 103 Å². The van der Waals surface area contributed by atoms with Gasteiger partial charge in [0.25, 0.3) is 0 Å². The Morgan fingerprint density at radius 3 is 1.89 bits per heavy atom. The molecule has 0 spiro atoms. The molecule has 7 heteroatoms. The van der Waals surface area contributed by atoms with Crippen molar-refractivity contribution in [3.8, 4) is 56.4 Å². The van der Waals surface area contributed by atoms with Crippen LogP contribution in [-0.2, 0) is 0 Å². The molecule has 0 aliphatic carbocycles. The average Bonchev–Trinajstić information content (AvgIpc) is 3.97. The molecule has 0 fully saturated rings. The molecule has 0 saturated heterocycles. The summed E-state index contributed by atoms with van der Waals surface area (Å²) in [5.41, 5.74) is 9.86. The predicted molar refractivity (Wildman–Crippen MR) is 232 cm³/mol. The summed E-state index contributed by atoms with van der Waals surface area (Å²) in [5.74, 6) is 1.60. The van der Waals surface area contributed by atoms with E-state index in [1.165, 1.54) is 20.2 Å². The molecule has 0 aliphatic rings. The van der Waals surface area contributed by atoms with Gasteiger partial charge >= 0.3 is 0 Å². The maximum Gasteiger partial charge on any atom is 0.167 e. The molecule has 0 radical (unpaired) electrons. The minimum atomic E-state index is 0.516. The largest absolute Gasteiger partial charge is 0.456 e. The van der Waals surface area contributed by atoms with Gasteiger partial charge in [0.1, 0.15) is 22.3 Å². The lowest BCUT2D eigenvalue weighted by molar-refractivity contribution is 0.668. The van der Waals surface area contributed by atoms with Crippen molar-refractivity contribution in [2.45, 2.75) is 0 Å². The zero-order chi connectivity index (χ0) is 37.5. The van der Waals surface area contributed by atoms with Crippen molar-refractivity contribution in [2.24, 2.45) is 0 Å². The first-order valence-electron chi connectivity index (χ1n) is 18.8. The van der Waals surface area contributed by atoms with Gasteiger partial charge < -0.3 is 8.83 Å². The van der Waals surface area contributed by atoms with Gasteiger partial charge in [-0.3, -0.25) is 4.98 Å². The topological polar surface area (TPSA) is 77.8 Å². The average molecular weight is 749 g/mol. The van der Waals surface area contributed by atoms with Crippen LogP contribution in [0.3, 0.4) is 0 Å². The van der Waals surface area contributed by atoms with Crippen molar-refractivity contribution in [3.05, 3.63) is 170 Å². The molecule has 12 rings (SSSR count). The molecule has 0 atom stereocenters. The van der Waals surface area contributed by atoms with E-state index in [9.17, 15) is 0 Å². The van der Waals surface area contributed by atoms with Crippen molar-refractivity contribution >= 4 is 75.4 Å². The second kappa shape index (κ2) is 12.5. The van der Waals surface area contributed by atoms with Gasteiger partial charge in [0.2, 0.25) is 0 Å². The van der Waals surface area contributed by atoms with Gasteiger partial charge in [0.15, 0.2) is 17.5 Å². The molecule has 0 amide bonds. The van der Waals surface area contributed by atoms with Gasteiger partial charge in [-0.25, -0.2) is 15.0 Å². The lowest BCUT2D eigenvalue weighted by Gasteiger charge is -2.11. The van der Waals surface area contributed by atoms with Crippen molar-refractivity contribution in [3.63, 3.8) is 0 Å². The van der Waals surface area contributed by atoms with Crippen LogP contribution >= 0.6 is 11.3 Å². The number of furan rings is 2. The summed E-state index contributed by atoms with van der Waals surface area (Å²) >= 11 is 1.82. The molecule has 0 saturated carbocycles. The minimum Gasteiger partial charge on any atom is -0.456 e. The van der Waals surface area contributed by atoms with Crippen molar-refractivity contribution < 1.29 is 8.83 Å². The first-order chi connectivity index (χ1) is 28.2. The first kappa shape index (κ1) is 31.8. The van der Waals surface area contributed by atoms with Crippen molar-refractivity contribution in [1.82, 2.24) is 19.9 Å². The van der Waals surface area contributed by atoms with Gasteiger partial charge in [-0.2, -0.15) is 0 Å². The van der Waals surface area contributed by atoms with E-state index in [0.717, 1.165) is 82.8 Å². The van der Waals surface area contributed by atoms with Crippen LogP contribution in [0.2, 0.25) is 0 Å². The summed E-state index contributed by atoms with van der Waals surface area (Å²) in [5, 5.41) is 6.72. The van der Waals surface area contributed by atoms with Gasteiger partial charge in [-0.15, -0.1) is 11.3 Å². The van der Waals surface area contributed by atoms with Crippen LogP contribution in [0.4, 0.5) is 0 Å². The fraction of sp³-hybridized carbons (Fsp3) is 0. The third-order valence-electron chi connectivity index (χ3n) is 10.8. The highest BCUT2D eigenvalue weighted by atomic mass is 32.1. The van der Waals surface area contributed by atoms with Crippen LogP contribution in [0.1, 0.15) is 0 Å². The van der Waals surface area contributed by atoms with Crippen LogP contribution < -0.4 is 0 Å². The summed E-state index contributed by atoms with van der Waals surface area (Å²) in [6.45, 7) is 0. The number of fused-ring (bicyclic) bond motifs is 9. The number of thiophene rings is 1. The smallest absolute Gasteiger partial charge is 0.167 e. The number of rotatable bonds is 5. The second-order valence-electron chi connectivity index (χ2n) is 14.2. The number of hydrogen-bond acceptors (Lipinski definition) is 7. The molecule has 12 aromatic rings. The van der Waals surface area contributed by atoms with Gasteiger partial charge in [0.05, 0.1) is 5.56 Å². The normalized spacial score (nSPS) is 11.9. The van der Waals surface area contributed by atoms with Crippen molar-refractivity contribution in [2.75, 3.05) is 0 Å². The zero-order valence-corrected chi connectivity index (χ0v) is 31.0. The Kier molecular flexibility index (Phi) is 7.00. The Balaban J connectivity index is 1.08. The van der Waals surface area contributed by atoms with E-state index in [4.69, 9.17) is 23.8 Å². The molecule has 0 unspecified atom stereocenters. The van der Waals surface area contributed by atoms with Crippen LogP contribution in [0.5, 0.6) is 0 Å². The molecular weight excluding hydrogens is 721 g/mol. The Hall–Kier alpha value is -7.48. The number of nitrogens with zero attached hydrogens (tertiary/aromatic N) is 4. The van der Waals surface area contributed by atoms with E-state index in [1.807, 2.05) is 72.1 Å². The molecule has 5 aromatic heterocycles. The number of hydrogen-bond donors (Lipinski definition) is 0. The number of benzene rings is 7. The summed E-state index contributed by atoms with van der Waals surface area (Å²) in [7, 11) is 0. The maximum atomic E-state index is 6.78. The van der Waals surface area contributed by atoms with E-state index >= 15 is 0 Å². The van der Waals surface area contributed by atoms with Crippen molar-refractivity contribution in [1.29, 1.82) is 0 Å². The Morgan fingerprint density at radius 1 is 0.386 bits per heavy atom.